The first-order valence-electron chi connectivity index (χ1n) is 15.6. The number of nitrogens with zero attached hydrogens (tertiary/aromatic N) is 2. The van der Waals surface area contributed by atoms with Gasteiger partial charge < -0.3 is 14.8 Å². The molecule has 234 valence electrons. The van der Waals surface area contributed by atoms with Crippen molar-refractivity contribution >= 4 is 17.5 Å². The molecule has 4 aromatic rings. The molecule has 0 saturated heterocycles. The van der Waals surface area contributed by atoms with Crippen molar-refractivity contribution < 1.29 is 14.3 Å². The molecule has 1 aromatic heterocycles. The number of hydrogen-bond acceptors (Lipinski definition) is 4. The fourth-order valence-corrected chi connectivity index (χ4v) is 5.05. The number of methoxy groups -OCH3 is 1. The Hall–Kier alpha value is -3.77. The molecular formula is C37H46ClN3O3. The molecule has 0 aliphatic carbocycles. The zero-order valence-corrected chi connectivity index (χ0v) is 27.9. The summed E-state index contributed by atoms with van der Waals surface area (Å²) in [6.45, 7) is 14.7. The van der Waals surface area contributed by atoms with Crippen LogP contribution in [0, 0.1) is 0 Å². The summed E-state index contributed by atoms with van der Waals surface area (Å²) in [5.74, 6) is 1.53. The fourth-order valence-electron chi connectivity index (χ4n) is 4.93. The van der Waals surface area contributed by atoms with E-state index in [1.807, 2.05) is 42.5 Å². The number of hydrogen-bond donors (Lipinski definition) is 1. The van der Waals surface area contributed by atoms with Gasteiger partial charge in [-0.1, -0.05) is 65.3 Å². The van der Waals surface area contributed by atoms with Crippen LogP contribution >= 0.6 is 11.6 Å². The van der Waals surface area contributed by atoms with Crippen LogP contribution in [-0.4, -0.2) is 35.9 Å². The third-order valence-electron chi connectivity index (χ3n) is 8.77. The number of unbranched alkanes of at least 4 members (excludes halogenated alkanes) is 1. The smallest absolute Gasteiger partial charge is 0.270 e. The second-order valence-electron chi connectivity index (χ2n) is 12.5. The Balaban J connectivity index is 1.40. The van der Waals surface area contributed by atoms with Crippen LogP contribution in [-0.2, 0) is 10.8 Å². The van der Waals surface area contributed by atoms with Gasteiger partial charge in [-0.3, -0.25) is 4.79 Å². The maximum absolute atomic E-state index is 13.4. The fraction of sp³-hybridized carbons (Fsp3) is 0.405. The summed E-state index contributed by atoms with van der Waals surface area (Å²) in [6.07, 6.45) is 3.72. The number of carbonyl (C=O) groups excluding carboxylic acids is 1. The third-order valence-corrected chi connectivity index (χ3v) is 9.02. The molecule has 1 heterocycles. The Morgan fingerprint density at radius 1 is 0.886 bits per heavy atom. The molecule has 0 aliphatic rings. The summed E-state index contributed by atoms with van der Waals surface area (Å²) in [7, 11) is 1.63. The highest BCUT2D eigenvalue weighted by atomic mass is 35.5. The molecule has 44 heavy (non-hydrogen) atoms. The minimum Gasteiger partial charge on any atom is -0.497 e. The third kappa shape index (κ3) is 7.84. The van der Waals surface area contributed by atoms with Crippen molar-refractivity contribution in [1.29, 1.82) is 0 Å². The van der Waals surface area contributed by atoms with Gasteiger partial charge in [-0.25, -0.2) is 4.68 Å². The molecule has 0 aliphatic heterocycles. The van der Waals surface area contributed by atoms with Crippen molar-refractivity contribution in [2.45, 2.75) is 78.1 Å². The van der Waals surface area contributed by atoms with Gasteiger partial charge >= 0.3 is 0 Å². The quantitative estimate of drug-likeness (QED) is 0.144. The van der Waals surface area contributed by atoms with E-state index in [9.17, 15) is 4.79 Å². The lowest BCUT2D eigenvalue weighted by atomic mass is 9.76. The topological polar surface area (TPSA) is 65.4 Å². The predicted molar refractivity (Wildman–Crippen MR) is 181 cm³/mol. The summed E-state index contributed by atoms with van der Waals surface area (Å²) in [5.41, 5.74) is 5.54. The van der Waals surface area contributed by atoms with E-state index in [-0.39, 0.29) is 16.7 Å². The Bertz CT molecular complexity index is 1540. The van der Waals surface area contributed by atoms with E-state index in [4.69, 9.17) is 26.2 Å². The molecule has 0 spiro atoms. The normalized spacial score (nSPS) is 11.8. The van der Waals surface area contributed by atoms with Crippen LogP contribution in [0.25, 0.3) is 16.9 Å². The minimum absolute atomic E-state index is 0.0147. The summed E-state index contributed by atoms with van der Waals surface area (Å²) in [5, 5.41) is 8.46. The molecule has 0 radical (unpaired) electrons. The van der Waals surface area contributed by atoms with E-state index >= 15 is 0 Å². The minimum atomic E-state index is -0.186. The Morgan fingerprint density at radius 3 is 2.20 bits per heavy atom. The molecule has 0 atom stereocenters. The van der Waals surface area contributed by atoms with Crippen molar-refractivity contribution in [2.24, 2.45) is 0 Å². The standard InChI is InChI=1S/C37H46ClN3O3/c1-8-36(3,4)27-14-21-34(31(24-27)37(5,6)9-2)44-23-11-10-22-39-35(42)33-25-32(26-12-19-30(43-7)20-13-26)40-41(33)29-17-15-28(38)16-18-29/h12-21,24-25H,8-11,22-23H2,1-7H3,(H,39,42). The van der Waals surface area contributed by atoms with E-state index in [1.54, 1.807) is 23.9 Å². The van der Waals surface area contributed by atoms with Crippen LogP contribution in [0.2, 0.25) is 5.02 Å². The lowest BCUT2D eigenvalue weighted by Crippen LogP contribution is -2.27. The SMILES string of the molecule is CCC(C)(C)c1ccc(OCCCCNC(=O)c2cc(-c3ccc(OC)cc3)nn2-c2ccc(Cl)cc2)c(C(C)(C)CC)c1. The second kappa shape index (κ2) is 14.3. The van der Waals surface area contributed by atoms with Crippen LogP contribution in [0.1, 0.15) is 88.8 Å². The number of rotatable bonds is 14. The molecule has 3 aromatic carbocycles. The van der Waals surface area contributed by atoms with Gasteiger partial charge in [-0.2, -0.15) is 5.10 Å². The maximum Gasteiger partial charge on any atom is 0.270 e. The van der Waals surface area contributed by atoms with Gasteiger partial charge in [0.15, 0.2) is 0 Å². The highest BCUT2D eigenvalue weighted by Crippen LogP contribution is 2.38. The summed E-state index contributed by atoms with van der Waals surface area (Å²) >= 11 is 6.12. The van der Waals surface area contributed by atoms with Gasteiger partial charge in [-0.05, 0) is 103 Å². The molecular weight excluding hydrogens is 570 g/mol. The molecule has 7 heteroatoms. The Labute approximate surface area is 267 Å². The lowest BCUT2D eigenvalue weighted by Gasteiger charge is -2.30. The van der Waals surface area contributed by atoms with Crippen LogP contribution in [0.15, 0.2) is 72.8 Å². The highest BCUT2D eigenvalue weighted by molar-refractivity contribution is 6.30. The van der Waals surface area contributed by atoms with Crippen LogP contribution in [0.4, 0.5) is 0 Å². The average molecular weight is 616 g/mol. The molecule has 0 fully saturated rings. The van der Waals surface area contributed by atoms with Crippen LogP contribution in [0.5, 0.6) is 11.5 Å². The first-order chi connectivity index (χ1) is 21.0. The number of aromatic nitrogens is 2. The molecule has 6 nitrogen and oxygen atoms in total. The number of ether oxygens (including phenoxy) is 2. The van der Waals surface area contributed by atoms with Crippen molar-refractivity contribution in [3.63, 3.8) is 0 Å². The van der Waals surface area contributed by atoms with E-state index < -0.39 is 0 Å². The highest BCUT2D eigenvalue weighted by Gasteiger charge is 2.26. The molecule has 0 unspecified atom stereocenters. The van der Waals surface area contributed by atoms with E-state index in [0.717, 1.165) is 48.4 Å². The van der Waals surface area contributed by atoms with E-state index in [0.29, 0.717) is 29.6 Å². The molecule has 0 saturated carbocycles. The first-order valence-corrected chi connectivity index (χ1v) is 15.9. The monoisotopic (exact) mass is 615 g/mol. The molecule has 4 rings (SSSR count). The van der Waals surface area contributed by atoms with Gasteiger partial charge in [0, 0.05) is 22.7 Å². The Morgan fingerprint density at radius 2 is 1.57 bits per heavy atom. The van der Waals surface area contributed by atoms with Crippen molar-refractivity contribution in [3.8, 4) is 28.4 Å². The zero-order valence-electron chi connectivity index (χ0n) is 27.2. The van der Waals surface area contributed by atoms with Gasteiger partial charge in [0.1, 0.15) is 17.2 Å². The van der Waals surface area contributed by atoms with Gasteiger partial charge in [0.05, 0.1) is 25.1 Å². The summed E-state index contributed by atoms with van der Waals surface area (Å²) < 4.78 is 13.3. The molecule has 1 amide bonds. The van der Waals surface area contributed by atoms with Crippen molar-refractivity contribution in [2.75, 3.05) is 20.3 Å². The van der Waals surface area contributed by atoms with Crippen LogP contribution in [0.3, 0.4) is 0 Å². The number of nitrogens with one attached hydrogen (secondary N) is 1. The van der Waals surface area contributed by atoms with Crippen molar-refractivity contribution in [1.82, 2.24) is 15.1 Å². The molecule has 0 bridgehead atoms. The lowest BCUT2D eigenvalue weighted by molar-refractivity contribution is 0.0944. The second-order valence-corrected chi connectivity index (χ2v) is 13.0. The summed E-state index contributed by atoms with van der Waals surface area (Å²) in [6, 6.07) is 23.4. The van der Waals surface area contributed by atoms with Gasteiger partial charge in [0.25, 0.3) is 5.91 Å². The molecule has 1 N–H and O–H groups in total. The summed E-state index contributed by atoms with van der Waals surface area (Å²) in [4.78, 5) is 13.4. The number of benzene rings is 3. The van der Waals surface area contributed by atoms with E-state index in [2.05, 4.69) is 65.1 Å². The maximum atomic E-state index is 13.4. The zero-order chi connectivity index (χ0) is 31.9. The number of halogens is 1. The van der Waals surface area contributed by atoms with E-state index in [1.165, 1.54) is 11.1 Å². The number of amides is 1. The Kier molecular flexibility index (Phi) is 10.8. The predicted octanol–water partition coefficient (Wildman–Crippen LogP) is 9.17. The largest absolute Gasteiger partial charge is 0.497 e. The van der Waals surface area contributed by atoms with Gasteiger partial charge in [0.2, 0.25) is 0 Å². The first kappa shape index (κ1) is 33.1. The van der Waals surface area contributed by atoms with Crippen molar-refractivity contribution in [3.05, 3.63) is 94.6 Å². The number of carbonyl (C=O) groups is 1. The van der Waals surface area contributed by atoms with Gasteiger partial charge in [-0.15, -0.1) is 0 Å². The van der Waals surface area contributed by atoms with Crippen LogP contribution < -0.4 is 14.8 Å². The average Bonchev–Trinajstić information content (AvgIpc) is 3.48.